The molecule has 6 nitrogen and oxygen atoms in total. The third kappa shape index (κ3) is 3.67. The van der Waals surface area contributed by atoms with Crippen molar-refractivity contribution in [3.05, 3.63) is 63.1 Å². The van der Waals surface area contributed by atoms with E-state index in [-0.39, 0.29) is 29.1 Å². The topological polar surface area (TPSA) is 69.3 Å². The van der Waals surface area contributed by atoms with Crippen LogP contribution < -0.4 is 5.56 Å². The molecule has 3 heterocycles. The van der Waals surface area contributed by atoms with E-state index in [9.17, 15) is 14.0 Å². The molecule has 2 aliphatic heterocycles. The molecule has 0 radical (unpaired) electrons. The van der Waals surface area contributed by atoms with Crippen LogP contribution in [0.15, 0.2) is 29.1 Å². The van der Waals surface area contributed by atoms with Crippen LogP contribution in [-0.4, -0.2) is 45.3 Å². The molecule has 7 heteroatoms. The quantitative estimate of drug-likeness (QED) is 0.841. The van der Waals surface area contributed by atoms with E-state index in [1.165, 1.54) is 6.07 Å². The molecule has 1 aliphatic carbocycles. The van der Waals surface area contributed by atoms with Gasteiger partial charge in [-0.15, -0.1) is 0 Å². The van der Waals surface area contributed by atoms with Gasteiger partial charge < -0.3 is 9.88 Å². The minimum Gasteiger partial charge on any atom is -0.336 e. The van der Waals surface area contributed by atoms with Crippen LogP contribution in [0.1, 0.15) is 54.2 Å². The molecule has 0 spiro atoms. The predicted molar refractivity (Wildman–Crippen MR) is 110 cm³/mol. The van der Waals surface area contributed by atoms with Gasteiger partial charge in [0.25, 0.3) is 5.56 Å². The van der Waals surface area contributed by atoms with E-state index in [0.29, 0.717) is 37.4 Å². The Balaban J connectivity index is 1.30. The maximum absolute atomic E-state index is 14.0. The number of benzene rings is 1. The van der Waals surface area contributed by atoms with Crippen LogP contribution in [0.2, 0.25) is 0 Å². The lowest BCUT2D eigenvalue weighted by atomic mass is 9.84. The molecular formula is C23H27FN4O2. The van der Waals surface area contributed by atoms with Crippen molar-refractivity contribution in [2.24, 2.45) is 5.92 Å². The van der Waals surface area contributed by atoms with Gasteiger partial charge in [-0.05, 0) is 38.3 Å². The molecule has 0 bridgehead atoms. The van der Waals surface area contributed by atoms with Gasteiger partial charge in [-0.1, -0.05) is 24.6 Å². The van der Waals surface area contributed by atoms with E-state index < -0.39 is 0 Å². The van der Waals surface area contributed by atoms with E-state index in [2.05, 4.69) is 9.88 Å². The monoisotopic (exact) mass is 410 g/mol. The molecule has 1 atom stereocenters. The molecule has 1 N–H and O–H groups in total. The van der Waals surface area contributed by atoms with Crippen LogP contribution in [0.3, 0.4) is 0 Å². The fourth-order valence-corrected chi connectivity index (χ4v) is 4.82. The lowest BCUT2D eigenvalue weighted by molar-refractivity contribution is -0.139. The number of carbonyl (C=O) groups is 1. The number of halogens is 1. The van der Waals surface area contributed by atoms with Gasteiger partial charge in [-0.2, -0.15) is 0 Å². The molecule has 158 valence electrons. The Hall–Kier alpha value is -2.54. The molecule has 1 saturated heterocycles. The molecule has 30 heavy (non-hydrogen) atoms. The van der Waals surface area contributed by atoms with Crippen LogP contribution >= 0.6 is 0 Å². The number of rotatable bonds is 4. The Kier molecular flexibility index (Phi) is 5.15. The smallest absolute Gasteiger partial charge is 0.254 e. The number of aromatic nitrogens is 2. The molecule has 0 unspecified atom stereocenters. The summed E-state index contributed by atoms with van der Waals surface area (Å²) in [5.74, 6) is 1.01. The molecule has 5 rings (SSSR count). The second-order valence-corrected chi connectivity index (χ2v) is 8.83. The van der Waals surface area contributed by atoms with Gasteiger partial charge in [0.05, 0.1) is 12.2 Å². The minimum absolute atomic E-state index is 0.0710. The summed E-state index contributed by atoms with van der Waals surface area (Å²) in [6.45, 7) is 3.18. The van der Waals surface area contributed by atoms with Crippen LogP contribution in [0, 0.1) is 11.7 Å². The van der Waals surface area contributed by atoms with Crippen LogP contribution in [0.25, 0.3) is 0 Å². The van der Waals surface area contributed by atoms with Crippen molar-refractivity contribution in [1.29, 1.82) is 0 Å². The second-order valence-electron chi connectivity index (χ2n) is 8.83. The lowest BCUT2D eigenvalue weighted by Crippen LogP contribution is -2.43. The number of aromatic amines is 1. The van der Waals surface area contributed by atoms with E-state index >= 15 is 0 Å². The highest BCUT2D eigenvalue weighted by atomic mass is 19.1. The standard InChI is InChI=1S/C23H27FN4O2/c24-19-7-2-1-4-16(19)12-27-10-8-17(13-27)21-25-20-14-28(23(30)15-5-3-6-15)11-9-18(20)22(29)26-21/h1-2,4,7,15,17H,3,5-6,8-14H2,(H,25,26,29)/t17-/m1/s1. The van der Waals surface area contributed by atoms with Gasteiger partial charge in [0, 0.05) is 42.6 Å². The zero-order valence-electron chi connectivity index (χ0n) is 17.1. The van der Waals surface area contributed by atoms with Crippen LogP contribution in [0.5, 0.6) is 0 Å². The van der Waals surface area contributed by atoms with Crippen LogP contribution in [0.4, 0.5) is 4.39 Å². The highest BCUT2D eigenvalue weighted by molar-refractivity contribution is 5.79. The fourth-order valence-electron chi connectivity index (χ4n) is 4.82. The Labute approximate surface area is 175 Å². The SMILES string of the molecule is O=C(C1CCC1)N1CCc2c(nc([C@@H]3CCN(Cc4ccccc4F)C3)[nH]c2=O)C1. The Bertz CT molecular complexity index is 1020. The average Bonchev–Trinajstić information content (AvgIpc) is 3.16. The van der Waals surface area contributed by atoms with Crippen LogP contribution in [-0.2, 0) is 24.3 Å². The lowest BCUT2D eigenvalue weighted by Gasteiger charge is -2.34. The van der Waals surface area contributed by atoms with Crippen molar-refractivity contribution in [3.63, 3.8) is 0 Å². The van der Waals surface area contributed by atoms with E-state index in [4.69, 9.17) is 4.98 Å². The summed E-state index contributed by atoms with van der Waals surface area (Å²) in [4.78, 5) is 37.2. The normalized spacial score (nSPS) is 22.0. The Morgan fingerprint density at radius 1 is 1.20 bits per heavy atom. The van der Waals surface area contributed by atoms with Crippen molar-refractivity contribution >= 4 is 5.91 Å². The third-order valence-electron chi connectivity index (χ3n) is 6.87. The van der Waals surface area contributed by atoms with Crippen molar-refractivity contribution in [3.8, 4) is 0 Å². The Morgan fingerprint density at radius 2 is 2.03 bits per heavy atom. The van der Waals surface area contributed by atoms with Gasteiger partial charge >= 0.3 is 0 Å². The summed E-state index contributed by atoms with van der Waals surface area (Å²) >= 11 is 0. The Morgan fingerprint density at radius 3 is 2.80 bits per heavy atom. The number of amides is 1. The summed E-state index contributed by atoms with van der Waals surface area (Å²) < 4.78 is 14.0. The number of fused-ring (bicyclic) bond motifs is 1. The summed E-state index contributed by atoms with van der Waals surface area (Å²) in [7, 11) is 0. The first kappa shape index (κ1) is 19.4. The zero-order valence-corrected chi connectivity index (χ0v) is 17.1. The number of hydrogen-bond acceptors (Lipinski definition) is 4. The summed E-state index contributed by atoms with van der Waals surface area (Å²) in [6, 6.07) is 6.86. The van der Waals surface area contributed by atoms with Gasteiger partial charge in [0.15, 0.2) is 0 Å². The molecule has 1 aromatic carbocycles. The fraction of sp³-hybridized carbons (Fsp3) is 0.522. The summed E-state index contributed by atoms with van der Waals surface area (Å²) in [5.41, 5.74) is 2.09. The molecule has 3 aliphatic rings. The highest BCUT2D eigenvalue weighted by Gasteiger charge is 2.33. The predicted octanol–water partition coefficient (Wildman–Crippen LogP) is 2.58. The van der Waals surface area contributed by atoms with E-state index in [1.807, 2.05) is 17.0 Å². The second kappa shape index (κ2) is 7.95. The van der Waals surface area contributed by atoms with Crippen molar-refractivity contribution < 1.29 is 9.18 Å². The van der Waals surface area contributed by atoms with Gasteiger partial charge in [0.1, 0.15) is 11.6 Å². The molecule has 1 amide bonds. The number of likely N-dealkylation sites (tertiary alicyclic amines) is 1. The largest absolute Gasteiger partial charge is 0.336 e. The summed E-state index contributed by atoms with van der Waals surface area (Å²) in [6.07, 6.45) is 4.54. The highest BCUT2D eigenvalue weighted by Crippen LogP contribution is 2.30. The van der Waals surface area contributed by atoms with E-state index in [0.717, 1.165) is 50.0 Å². The summed E-state index contributed by atoms with van der Waals surface area (Å²) in [5, 5.41) is 0. The molecular weight excluding hydrogens is 383 g/mol. The number of nitrogens with zero attached hydrogens (tertiary/aromatic N) is 3. The molecule has 2 fully saturated rings. The number of nitrogens with one attached hydrogen (secondary N) is 1. The zero-order chi connectivity index (χ0) is 20.7. The van der Waals surface area contributed by atoms with Gasteiger partial charge in [-0.25, -0.2) is 9.37 Å². The van der Waals surface area contributed by atoms with Crippen molar-refractivity contribution in [2.45, 2.75) is 51.1 Å². The number of hydrogen-bond donors (Lipinski definition) is 1. The molecule has 1 saturated carbocycles. The maximum atomic E-state index is 14.0. The van der Waals surface area contributed by atoms with E-state index in [1.54, 1.807) is 6.07 Å². The average molecular weight is 410 g/mol. The first-order valence-electron chi connectivity index (χ1n) is 10.9. The maximum Gasteiger partial charge on any atom is 0.254 e. The molecule has 2 aromatic rings. The first-order chi connectivity index (χ1) is 14.6. The first-order valence-corrected chi connectivity index (χ1v) is 10.9. The number of carbonyl (C=O) groups excluding carboxylic acids is 1. The number of H-pyrrole nitrogens is 1. The van der Waals surface area contributed by atoms with Gasteiger partial charge in [0.2, 0.25) is 5.91 Å². The minimum atomic E-state index is -0.183. The van der Waals surface area contributed by atoms with Gasteiger partial charge in [-0.3, -0.25) is 14.5 Å². The third-order valence-corrected chi connectivity index (χ3v) is 6.87. The van der Waals surface area contributed by atoms with Crippen molar-refractivity contribution in [2.75, 3.05) is 19.6 Å². The molecule has 1 aromatic heterocycles. The van der Waals surface area contributed by atoms with Crippen molar-refractivity contribution in [1.82, 2.24) is 19.8 Å².